The molecule has 0 saturated carbocycles. The number of hydrogen-bond donors (Lipinski definition) is 2. The van der Waals surface area contributed by atoms with Gasteiger partial charge < -0.3 is 19.9 Å². The molecule has 1 amide bonds. The number of aliphatic hydroxyl groups excluding tert-OH is 1. The number of carbonyl (C=O) groups excluding carboxylic acids is 2. The van der Waals surface area contributed by atoms with Crippen LogP contribution in [0.4, 0.5) is 0 Å². The van der Waals surface area contributed by atoms with Gasteiger partial charge in [0, 0.05) is 24.7 Å². The topological polar surface area (TPSA) is 119 Å². The molecular formula is C21H23NO7S. The molecule has 0 aliphatic carbocycles. The van der Waals surface area contributed by atoms with E-state index < -0.39 is 39.5 Å². The van der Waals surface area contributed by atoms with Crippen LogP contribution in [0.3, 0.4) is 0 Å². The van der Waals surface area contributed by atoms with E-state index in [9.17, 15) is 18.0 Å². The molecule has 9 heteroatoms. The summed E-state index contributed by atoms with van der Waals surface area (Å²) in [5, 5.41) is 11.6. The second-order valence-electron chi connectivity index (χ2n) is 6.91. The Morgan fingerprint density at radius 2 is 1.83 bits per heavy atom. The minimum Gasteiger partial charge on any atom is -0.467 e. The summed E-state index contributed by atoms with van der Waals surface area (Å²) in [5.41, 5.74) is -0.485. The monoisotopic (exact) mass is 433 g/mol. The zero-order chi connectivity index (χ0) is 22.4. The summed E-state index contributed by atoms with van der Waals surface area (Å²) in [5.74, 6) is 8.67. The van der Waals surface area contributed by atoms with E-state index in [1.807, 2.05) is 0 Å². The van der Waals surface area contributed by atoms with E-state index in [-0.39, 0.29) is 17.1 Å². The molecule has 2 atom stereocenters. The molecule has 0 aromatic heterocycles. The fourth-order valence-electron chi connectivity index (χ4n) is 2.89. The van der Waals surface area contributed by atoms with Crippen LogP contribution in [0.1, 0.15) is 29.3 Å². The Morgan fingerprint density at radius 1 is 1.20 bits per heavy atom. The molecule has 0 radical (unpaired) electrons. The Kier molecular flexibility index (Phi) is 7.63. The van der Waals surface area contributed by atoms with Gasteiger partial charge in [0.05, 0.1) is 24.7 Å². The van der Waals surface area contributed by atoms with Crippen LogP contribution in [-0.2, 0) is 24.1 Å². The number of sulfone groups is 1. The summed E-state index contributed by atoms with van der Waals surface area (Å²) in [4.78, 5) is 24.8. The average Bonchev–Trinajstić information content (AvgIpc) is 2.69. The lowest BCUT2D eigenvalue weighted by Gasteiger charge is -2.43. The number of aliphatic hydroxyl groups is 1. The van der Waals surface area contributed by atoms with Crippen molar-refractivity contribution < 1.29 is 32.6 Å². The maximum Gasteiger partial charge on any atom is 0.331 e. The predicted molar refractivity (Wildman–Crippen MR) is 109 cm³/mol. The summed E-state index contributed by atoms with van der Waals surface area (Å²) in [6.07, 6.45) is -0.178. The SMILES string of the molecule is COC(=O)C(NC(=O)c1ccc(C#CC#CCC(C)O)cc1)C1(OC)CS(=O)(=O)C1. The molecule has 2 unspecified atom stereocenters. The molecule has 2 rings (SSSR count). The summed E-state index contributed by atoms with van der Waals surface area (Å²) in [6, 6.07) is 5.01. The highest BCUT2D eigenvalue weighted by molar-refractivity contribution is 7.93. The molecule has 1 aromatic rings. The van der Waals surface area contributed by atoms with Crippen LogP contribution >= 0.6 is 0 Å². The molecule has 1 fully saturated rings. The Hall–Kier alpha value is -2.85. The number of benzene rings is 1. The van der Waals surface area contributed by atoms with Gasteiger partial charge in [0.1, 0.15) is 5.60 Å². The van der Waals surface area contributed by atoms with E-state index in [2.05, 4.69) is 29.0 Å². The molecule has 160 valence electrons. The Bertz CT molecular complexity index is 1010. The number of methoxy groups -OCH3 is 2. The van der Waals surface area contributed by atoms with Crippen LogP contribution < -0.4 is 5.32 Å². The lowest BCUT2D eigenvalue weighted by Crippen LogP contribution is -2.70. The van der Waals surface area contributed by atoms with E-state index in [4.69, 9.17) is 14.6 Å². The van der Waals surface area contributed by atoms with Crippen LogP contribution in [0.2, 0.25) is 0 Å². The molecule has 1 aliphatic heterocycles. The number of ether oxygens (including phenoxy) is 2. The molecule has 8 nitrogen and oxygen atoms in total. The van der Waals surface area contributed by atoms with Crippen molar-refractivity contribution in [2.45, 2.75) is 31.1 Å². The molecule has 1 aliphatic rings. The minimum absolute atomic E-state index is 0.253. The van der Waals surface area contributed by atoms with E-state index in [0.717, 1.165) is 7.11 Å². The van der Waals surface area contributed by atoms with Crippen LogP contribution in [0, 0.1) is 23.7 Å². The van der Waals surface area contributed by atoms with Crippen molar-refractivity contribution in [3.05, 3.63) is 35.4 Å². The molecule has 1 aromatic carbocycles. The van der Waals surface area contributed by atoms with Gasteiger partial charge in [-0.25, -0.2) is 13.2 Å². The third kappa shape index (κ3) is 5.83. The average molecular weight is 433 g/mol. The van der Waals surface area contributed by atoms with Gasteiger partial charge in [-0.2, -0.15) is 0 Å². The number of rotatable bonds is 6. The molecule has 0 spiro atoms. The summed E-state index contributed by atoms with van der Waals surface area (Å²) in [6.45, 7) is 1.63. The summed E-state index contributed by atoms with van der Waals surface area (Å²) in [7, 11) is -0.902. The predicted octanol–water partition coefficient (Wildman–Crippen LogP) is -0.103. The maximum atomic E-state index is 12.6. The lowest BCUT2D eigenvalue weighted by atomic mass is 9.96. The third-order valence-corrected chi connectivity index (χ3v) is 6.33. The molecule has 1 heterocycles. The maximum absolute atomic E-state index is 12.6. The lowest BCUT2D eigenvalue weighted by molar-refractivity contribution is -0.150. The first kappa shape index (κ1) is 23.4. The van der Waals surface area contributed by atoms with E-state index >= 15 is 0 Å². The second kappa shape index (κ2) is 9.77. The zero-order valence-corrected chi connectivity index (χ0v) is 17.7. The minimum atomic E-state index is -3.34. The molecule has 2 N–H and O–H groups in total. The smallest absolute Gasteiger partial charge is 0.331 e. The highest BCUT2D eigenvalue weighted by Crippen LogP contribution is 2.31. The largest absolute Gasteiger partial charge is 0.467 e. The van der Waals surface area contributed by atoms with Crippen LogP contribution in [-0.4, -0.2) is 68.9 Å². The van der Waals surface area contributed by atoms with Crippen LogP contribution in [0.25, 0.3) is 0 Å². The van der Waals surface area contributed by atoms with Gasteiger partial charge in [0.15, 0.2) is 15.9 Å². The van der Waals surface area contributed by atoms with E-state index in [1.54, 1.807) is 19.1 Å². The van der Waals surface area contributed by atoms with Gasteiger partial charge in [0.25, 0.3) is 5.91 Å². The normalized spacial score (nSPS) is 17.6. The van der Waals surface area contributed by atoms with Crippen molar-refractivity contribution in [2.75, 3.05) is 25.7 Å². The fraction of sp³-hybridized carbons (Fsp3) is 0.429. The fourth-order valence-corrected chi connectivity index (χ4v) is 4.87. The second-order valence-corrected chi connectivity index (χ2v) is 8.98. The molecule has 0 bridgehead atoms. The summed E-state index contributed by atoms with van der Waals surface area (Å²) < 4.78 is 33.3. The first-order chi connectivity index (χ1) is 14.1. The van der Waals surface area contributed by atoms with E-state index in [1.165, 1.54) is 19.2 Å². The van der Waals surface area contributed by atoms with Gasteiger partial charge in [-0.15, -0.1) is 0 Å². The quantitative estimate of drug-likeness (QED) is 0.475. The highest BCUT2D eigenvalue weighted by atomic mass is 32.2. The molecule has 1 saturated heterocycles. The van der Waals surface area contributed by atoms with Crippen molar-refractivity contribution in [2.24, 2.45) is 0 Å². The standard InChI is InChI=1S/C21H23NO7S/c1-15(23)7-5-4-6-8-16-9-11-17(12-10-16)19(24)22-18(20(25)28-2)21(29-3)13-30(26,27)14-21/h9-12,15,18,23H,7,13-14H2,1-3H3,(H,22,24). The van der Waals surface area contributed by atoms with Gasteiger partial charge in [-0.05, 0) is 43.0 Å². The van der Waals surface area contributed by atoms with Crippen molar-refractivity contribution >= 4 is 21.7 Å². The number of hydrogen-bond acceptors (Lipinski definition) is 7. The van der Waals surface area contributed by atoms with Gasteiger partial charge in [-0.1, -0.05) is 11.8 Å². The molecule has 30 heavy (non-hydrogen) atoms. The van der Waals surface area contributed by atoms with Crippen molar-refractivity contribution in [1.29, 1.82) is 0 Å². The third-order valence-electron chi connectivity index (χ3n) is 4.48. The highest BCUT2D eigenvalue weighted by Gasteiger charge is 2.58. The van der Waals surface area contributed by atoms with Crippen molar-refractivity contribution in [3.8, 4) is 23.7 Å². The zero-order valence-electron chi connectivity index (χ0n) is 16.9. The van der Waals surface area contributed by atoms with Crippen molar-refractivity contribution in [3.63, 3.8) is 0 Å². The number of amides is 1. The van der Waals surface area contributed by atoms with E-state index in [0.29, 0.717) is 12.0 Å². The van der Waals surface area contributed by atoms with Crippen molar-refractivity contribution in [1.82, 2.24) is 5.32 Å². The van der Waals surface area contributed by atoms with Gasteiger partial charge in [-0.3, -0.25) is 4.79 Å². The Balaban J connectivity index is 2.12. The van der Waals surface area contributed by atoms with Gasteiger partial charge in [0.2, 0.25) is 0 Å². The first-order valence-corrected chi connectivity index (χ1v) is 10.9. The van der Waals surface area contributed by atoms with Crippen LogP contribution in [0.5, 0.6) is 0 Å². The number of nitrogens with one attached hydrogen (secondary N) is 1. The Morgan fingerprint density at radius 3 is 2.33 bits per heavy atom. The molecular weight excluding hydrogens is 410 g/mol. The summed E-state index contributed by atoms with van der Waals surface area (Å²) >= 11 is 0. The number of carbonyl (C=O) groups is 2. The van der Waals surface area contributed by atoms with Crippen LogP contribution in [0.15, 0.2) is 24.3 Å². The first-order valence-electron chi connectivity index (χ1n) is 9.04. The Labute approximate surface area is 175 Å². The number of esters is 1. The van der Waals surface area contributed by atoms with Gasteiger partial charge >= 0.3 is 5.97 Å².